The molecule has 0 amide bonds. The molecule has 4 heteroatoms. The Morgan fingerprint density at radius 3 is 2.57 bits per heavy atom. The molecule has 0 aliphatic heterocycles. The third-order valence-corrected chi connectivity index (χ3v) is 9.21. The highest BCUT2D eigenvalue weighted by Gasteiger charge is 2.76. The highest BCUT2D eigenvalue weighted by Crippen LogP contribution is 2.76. The van der Waals surface area contributed by atoms with Crippen LogP contribution in [0.4, 0.5) is 0 Å². The van der Waals surface area contributed by atoms with Gasteiger partial charge >= 0.3 is 0 Å². The summed E-state index contributed by atoms with van der Waals surface area (Å²) >= 11 is 6.14. The van der Waals surface area contributed by atoms with Crippen molar-refractivity contribution >= 4 is 17.2 Å². The number of rotatable bonds is 6. The van der Waals surface area contributed by atoms with Crippen LogP contribution < -0.4 is 11.1 Å². The van der Waals surface area contributed by atoms with Crippen LogP contribution in [0.5, 0.6) is 0 Å². The Labute approximate surface area is 174 Å². The summed E-state index contributed by atoms with van der Waals surface area (Å²) in [5.74, 6) is 1.91. The van der Waals surface area contributed by atoms with Crippen molar-refractivity contribution in [3.8, 4) is 0 Å². The van der Waals surface area contributed by atoms with Gasteiger partial charge in [-0.05, 0) is 81.7 Å². The molecule has 5 fully saturated rings. The largest absolute Gasteiger partial charge is 0.378 e. The lowest BCUT2D eigenvalue weighted by Crippen LogP contribution is -2.47. The van der Waals surface area contributed by atoms with Crippen LogP contribution in [0.15, 0.2) is 30.3 Å². The Kier molecular flexibility index (Phi) is 4.80. The highest BCUT2D eigenvalue weighted by atomic mass is 32.1. The van der Waals surface area contributed by atoms with Gasteiger partial charge in [0.05, 0.1) is 11.1 Å². The molecule has 5 atom stereocenters. The second kappa shape index (κ2) is 7.07. The van der Waals surface area contributed by atoms with E-state index in [4.69, 9.17) is 22.7 Å². The maximum atomic E-state index is 6.33. The Morgan fingerprint density at radius 1 is 1.14 bits per heavy atom. The fraction of sp³-hybridized carbons (Fsp3) is 0.708. The van der Waals surface area contributed by atoms with Gasteiger partial charge in [0.2, 0.25) is 0 Å². The van der Waals surface area contributed by atoms with Gasteiger partial charge in [0.25, 0.3) is 0 Å². The van der Waals surface area contributed by atoms with Gasteiger partial charge in [-0.25, -0.2) is 0 Å². The van der Waals surface area contributed by atoms with E-state index in [0.29, 0.717) is 29.9 Å². The smallest absolute Gasteiger partial charge is 0.0822 e. The fourth-order valence-corrected chi connectivity index (χ4v) is 7.90. The minimum absolute atomic E-state index is 0.153. The molecule has 5 aliphatic carbocycles. The Hall–Kier alpha value is -0.970. The van der Waals surface area contributed by atoms with E-state index in [-0.39, 0.29) is 10.8 Å². The quantitative estimate of drug-likeness (QED) is 0.705. The molecular weight excluding hydrogens is 364 g/mol. The summed E-state index contributed by atoms with van der Waals surface area (Å²) in [6, 6.07) is 11.7. The van der Waals surface area contributed by atoms with Gasteiger partial charge in [0, 0.05) is 23.5 Å². The van der Waals surface area contributed by atoms with Crippen LogP contribution in [0.3, 0.4) is 0 Å². The number of thiocarbonyl (C=S) groups is 1. The average Bonchev–Trinajstić information content (AvgIpc) is 3.43. The number of benzene rings is 1. The Bertz CT molecular complexity index is 731. The van der Waals surface area contributed by atoms with E-state index in [1.54, 1.807) is 0 Å². The molecule has 4 bridgehead atoms. The number of nitrogens with two attached hydrogens (primary N) is 1. The third kappa shape index (κ3) is 2.64. The van der Waals surface area contributed by atoms with Gasteiger partial charge in [0.15, 0.2) is 0 Å². The molecule has 152 valence electrons. The summed E-state index contributed by atoms with van der Waals surface area (Å²) in [5, 5.41) is 3.85. The number of hydrogen-bond donors (Lipinski definition) is 2. The molecule has 1 aromatic rings. The van der Waals surface area contributed by atoms with Gasteiger partial charge in [-0.15, -0.1) is 0 Å². The van der Waals surface area contributed by atoms with Crippen LogP contribution in [0.2, 0.25) is 0 Å². The molecule has 0 spiro atoms. The van der Waals surface area contributed by atoms with Crippen molar-refractivity contribution in [1.29, 1.82) is 0 Å². The molecule has 5 aliphatic rings. The normalized spacial score (nSPS) is 43.6. The second-order valence-corrected chi connectivity index (χ2v) is 10.2. The Morgan fingerprint density at radius 2 is 1.89 bits per heavy atom. The van der Waals surface area contributed by atoms with Crippen molar-refractivity contribution in [2.24, 2.45) is 28.9 Å². The predicted molar refractivity (Wildman–Crippen MR) is 117 cm³/mol. The van der Waals surface area contributed by atoms with Crippen molar-refractivity contribution in [1.82, 2.24) is 5.32 Å². The van der Waals surface area contributed by atoms with Crippen LogP contribution in [-0.4, -0.2) is 30.3 Å². The lowest BCUT2D eigenvalue weighted by atomic mass is 9.74. The zero-order chi connectivity index (χ0) is 19.4. The molecule has 0 radical (unpaired) electrons. The zero-order valence-corrected chi connectivity index (χ0v) is 17.8. The van der Waals surface area contributed by atoms with Crippen molar-refractivity contribution in [3.63, 3.8) is 0 Å². The van der Waals surface area contributed by atoms with Crippen LogP contribution in [0.1, 0.15) is 57.4 Å². The standard InChI is InChI=1S/C24H34N2OS/c1-2-27-21-19-13-24(22(28)26-18-10-8-16(14-25)9-11-18)15-23(19,12-20(21)24)17-6-4-3-5-7-17/h3-7,16,18-21H,2,8-15,25H2,1H3,(H,26,28). The van der Waals surface area contributed by atoms with Gasteiger partial charge in [-0.3, -0.25) is 0 Å². The van der Waals surface area contributed by atoms with E-state index < -0.39 is 0 Å². The lowest BCUT2D eigenvalue weighted by Gasteiger charge is -2.37. The molecule has 5 saturated carbocycles. The number of nitrogens with one attached hydrogen (secondary N) is 1. The van der Waals surface area contributed by atoms with Crippen molar-refractivity contribution in [3.05, 3.63) is 35.9 Å². The zero-order valence-electron chi connectivity index (χ0n) is 17.0. The SMILES string of the molecule is CCOC1C2CC3(c4ccccc4)CC2(C(=S)NC2CCC(CN)CC2)CC13. The molecule has 28 heavy (non-hydrogen) atoms. The topological polar surface area (TPSA) is 47.3 Å². The first kappa shape index (κ1) is 19.0. The minimum atomic E-state index is 0.153. The molecule has 5 unspecified atom stereocenters. The molecule has 3 N–H and O–H groups in total. The van der Waals surface area contributed by atoms with E-state index in [1.807, 2.05) is 0 Å². The van der Waals surface area contributed by atoms with E-state index in [0.717, 1.165) is 18.1 Å². The van der Waals surface area contributed by atoms with Gasteiger partial charge in [0.1, 0.15) is 0 Å². The van der Waals surface area contributed by atoms with Gasteiger partial charge < -0.3 is 15.8 Å². The van der Waals surface area contributed by atoms with E-state index in [9.17, 15) is 0 Å². The second-order valence-electron chi connectivity index (χ2n) is 9.82. The molecule has 1 aromatic carbocycles. The van der Waals surface area contributed by atoms with Crippen LogP contribution in [0.25, 0.3) is 0 Å². The van der Waals surface area contributed by atoms with E-state index in [1.165, 1.54) is 50.5 Å². The fourth-order valence-electron chi connectivity index (χ4n) is 7.43. The molecule has 3 nitrogen and oxygen atoms in total. The summed E-state index contributed by atoms with van der Waals surface area (Å²) < 4.78 is 6.33. The van der Waals surface area contributed by atoms with E-state index >= 15 is 0 Å². The summed E-state index contributed by atoms with van der Waals surface area (Å²) in [5.41, 5.74) is 7.81. The molecule has 0 saturated heterocycles. The van der Waals surface area contributed by atoms with Gasteiger partial charge in [-0.1, -0.05) is 42.5 Å². The average molecular weight is 399 g/mol. The highest BCUT2D eigenvalue weighted by molar-refractivity contribution is 7.80. The molecule has 0 heterocycles. The predicted octanol–water partition coefficient (Wildman–Crippen LogP) is 4.19. The minimum Gasteiger partial charge on any atom is -0.378 e. The maximum absolute atomic E-state index is 6.33. The van der Waals surface area contributed by atoms with Crippen molar-refractivity contribution in [2.75, 3.05) is 13.2 Å². The number of hydrogen-bond acceptors (Lipinski definition) is 3. The summed E-state index contributed by atoms with van der Waals surface area (Å²) in [6.45, 7) is 3.78. The van der Waals surface area contributed by atoms with Gasteiger partial charge in [-0.2, -0.15) is 0 Å². The number of ether oxygens (including phenoxy) is 1. The van der Waals surface area contributed by atoms with Crippen molar-refractivity contribution in [2.45, 2.75) is 69.4 Å². The first-order valence-electron chi connectivity index (χ1n) is 11.3. The Balaban J connectivity index is 1.38. The third-order valence-electron chi connectivity index (χ3n) is 8.69. The first-order chi connectivity index (χ1) is 13.6. The van der Waals surface area contributed by atoms with E-state index in [2.05, 4.69) is 42.6 Å². The monoisotopic (exact) mass is 398 g/mol. The van der Waals surface area contributed by atoms with Crippen LogP contribution >= 0.6 is 12.2 Å². The van der Waals surface area contributed by atoms with Crippen LogP contribution in [0, 0.1) is 23.2 Å². The van der Waals surface area contributed by atoms with Crippen LogP contribution in [-0.2, 0) is 10.2 Å². The molecule has 6 rings (SSSR count). The summed E-state index contributed by atoms with van der Waals surface area (Å²) in [7, 11) is 0. The van der Waals surface area contributed by atoms with Crippen molar-refractivity contribution < 1.29 is 4.74 Å². The summed E-state index contributed by atoms with van der Waals surface area (Å²) in [6.07, 6.45) is 8.96. The summed E-state index contributed by atoms with van der Waals surface area (Å²) in [4.78, 5) is 1.15. The lowest BCUT2D eigenvalue weighted by molar-refractivity contribution is 0.00659. The molecule has 0 aromatic heterocycles. The first-order valence-corrected chi connectivity index (χ1v) is 11.7. The maximum Gasteiger partial charge on any atom is 0.0822 e. The molecular formula is C24H34N2OS.